The zero-order valence-electron chi connectivity index (χ0n) is 21.9. The van der Waals surface area contributed by atoms with E-state index in [-0.39, 0.29) is 0 Å². The molecule has 0 saturated heterocycles. The molecule has 0 heterocycles. The lowest BCUT2D eigenvalue weighted by Gasteiger charge is -2.40. The second kappa shape index (κ2) is 10.6. The normalized spacial score (nSPS) is 37.4. The molecule has 4 fully saturated rings. The fraction of sp³-hybridized carbons (Fsp3) is 1.00. The van der Waals surface area contributed by atoms with Crippen LogP contribution in [-0.2, 0) is 0 Å². The van der Waals surface area contributed by atoms with Gasteiger partial charge in [0.1, 0.15) is 0 Å². The van der Waals surface area contributed by atoms with E-state index >= 15 is 0 Å². The van der Waals surface area contributed by atoms with Gasteiger partial charge in [0.15, 0.2) is 0 Å². The Balaban J connectivity index is 1.27. The third-order valence-corrected chi connectivity index (χ3v) is 11.3. The summed E-state index contributed by atoms with van der Waals surface area (Å²) >= 11 is 0. The van der Waals surface area contributed by atoms with Crippen molar-refractivity contribution in [2.75, 3.05) is 26.2 Å². The van der Waals surface area contributed by atoms with Crippen LogP contribution in [0.3, 0.4) is 0 Å². The van der Waals surface area contributed by atoms with Crippen LogP contribution in [0.15, 0.2) is 0 Å². The van der Waals surface area contributed by atoms with Gasteiger partial charge in [-0.2, -0.15) is 0 Å². The predicted molar refractivity (Wildman–Crippen MR) is 138 cm³/mol. The number of nitrogens with two attached hydrogens (primary N) is 1. The molecule has 0 amide bonds. The first-order valence-electron chi connectivity index (χ1n) is 14.5. The molecule has 4 N–H and O–H groups in total. The second-order valence-corrected chi connectivity index (χ2v) is 13.4. The van der Waals surface area contributed by atoms with Crippen molar-refractivity contribution >= 4 is 0 Å². The average molecular weight is 446 g/mol. The minimum atomic E-state index is 0.590. The highest BCUT2D eigenvalue weighted by atomic mass is 14.9. The topological polar surface area (TPSA) is 50.1 Å². The first kappa shape index (κ1) is 25.0. The van der Waals surface area contributed by atoms with Gasteiger partial charge in [0.05, 0.1) is 0 Å². The van der Waals surface area contributed by atoms with E-state index in [1.807, 2.05) is 0 Å². The summed E-state index contributed by atoms with van der Waals surface area (Å²) in [5, 5.41) is 7.59. The molecule has 186 valence electrons. The largest absolute Gasteiger partial charge is 0.330 e. The van der Waals surface area contributed by atoms with Gasteiger partial charge >= 0.3 is 0 Å². The molecular formula is C29H55N3. The zero-order valence-corrected chi connectivity index (χ0v) is 21.9. The van der Waals surface area contributed by atoms with Gasteiger partial charge in [-0.3, -0.25) is 0 Å². The van der Waals surface area contributed by atoms with Crippen molar-refractivity contribution in [3.8, 4) is 0 Å². The van der Waals surface area contributed by atoms with E-state index in [1.54, 1.807) is 0 Å². The molecule has 3 nitrogen and oxygen atoms in total. The highest BCUT2D eigenvalue weighted by Gasteiger charge is 2.53. The zero-order chi connectivity index (χ0) is 22.8. The summed E-state index contributed by atoms with van der Waals surface area (Å²) < 4.78 is 0. The quantitative estimate of drug-likeness (QED) is 0.288. The van der Waals surface area contributed by atoms with Crippen LogP contribution in [0.4, 0.5) is 0 Å². The molecule has 0 aromatic carbocycles. The number of fused-ring (bicyclic) bond motifs is 4. The fourth-order valence-electron chi connectivity index (χ4n) is 9.13. The van der Waals surface area contributed by atoms with E-state index in [9.17, 15) is 0 Å². The van der Waals surface area contributed by atoms with Gasteiger partial charge < -0.3 is 16.4 Å². The van der Waals surface area contributed by atoms with Gasteiger partial charge in [-0.25, -0.2) is 0 Å². The van der Waals surface area contributed by atoms with Crippen LogP contribution in [0.25, 0.3) is 0 Å². The van der Waals surface area contributed by atoms with Gasteiger partial charge in [0.25, 0.3) is 0 Å². The molecule has 3 heteroatoms. The number of hydrogen-bond donors (Lipinski definition) is 3. The van der Waals surface area contributed by atoms with Gasteiger partial charge in [0, 0.05) is 6.04 Å². The van der Waals surface area contributed by atoms with Crippen molar-refractivity contribution in [3.63, 3.8) is 0 Å². The molecule has 0 aromatic heterocycles. The average Bonchev–Trinajstić information content (AvgIpc) is 3.50. The van der Waals surface area contributed by atoms with Crippen molar-refractivity contribution in [2.24, 2.45) is 52.1 Å². The Morgan fingerprint density at radius 3 is 1.75 bits per heavy atom. The van der Waals surface area contributed by atoms with Gasteiger partial charge in [0.2, 0.25) is 0 Å². The van der Waals surface area contributed by atoms with Gasteiger partial charge in [-0.15, -0.1) is 0 Å². The van der Waals surface area contributed by atoms with Crippen LogP contribution in [0.2, 0.25) is 0 Å². The Labute approximate surface area is 199 Å². The van der Waals surface area contributed by atoms with Crippen molar-refractivity contribution in [1.82, 2.24) is 10.6 Å². The standard InChI is InChI=1S/C29H55N3/c1-28(2)23-9-7-21(19-23)26(28)13-11-25(32-18-6-17-31-16-5-15-30)12-14-27-22-8-10-24(20-22)29(27,3)4/h21-27,31-32H,5-20,30H2,1-4H3. The molecule has 4 saturated carbocycles. The maximum Gasteiger partial charge on any atom is 0.00672 e. The van der Waals surface area contributed by atoms with E-state index < -0.39 is 0 Å². The molecule has 0 radical (unpaired) electrons. The van der Waals surface area contributed by atoms with Crippen LogP contribution < -0.4 is 16.4 Å². The molecule has 32 heavy (non-hydrogen) atoms. The first-order chi connectivity index (χ1) is 15.3. The molecule has 0 aliphatic heterocycles. The van der Waals surface area contributed by atoms with Crippen molar-refractivity contribution in [2.45, 2.75) is 111 Å². The lowest BCUT2D eigenvalue weighted by molar-refractivity contribution is 0.0996. The molecule has 6 atom stereocenters. The first-order valence-corrected chi connectivity index (χ1v) is 14.5. The Morgan fingerprint density at radius 2 is 1.28 bits per heavy atom. The third kappa shape index (κ3) is 5.25. The lowest BCUT2D eigenvalue weighted by atomic mass is 9.66. The van der Waals surface area contributed by atoms with E-state index in [2.05, 4.69) is 38.3 Å². The van der Waals surface area contributed by atoms with E-state index in [4.69, 9.17) is 5.73 Å². The summed E-state index contributed by atoms with van der Waals surface area (Å²) in [6.07, 6.45) is 17.2. The summed E-state index contributed by atoms with van der Waals surface area (Å²) in [6, 6.07) is 0.726. The molecular weight excluding hydrogens is 390 g/mol. The van der Waals surface area contributed by atoms with Crippen molar-refractivity contribution in [3.05, 3.63) is 0 Å². The van der Waals surface area contributed by atoms with E-state index in [1.165, 1.54) is 77.2 Å². The van der Waals surface area contributed by atoms with Crippen LogP contribution in [-0.4, -0.2) is 32.2 Å². The fourth-order valence-corrected chi connectivity index (χ4v) is 9.13. The molecule has 0 aromatic rings. The molecule has 4 aliphatic carbocycles. The van der Waals surface area contributed by atoms with Gasteiger partial charge in [-0.1, -0.05) is 27.7 Å². The molecule has 4 bridgehead atoms. The Kier molecular flexibility index (Phi) is 8.32. The monoisotopic (exact) mass is 445 g/mol. The maximum atomic E-state index is 5.61. The third-order valence-electron chi connectivity index (χ3n) is 11.3. The molecule has 0 spiro atoms. The Hall–Kier alpha value is -0.120. The van der Waals surface area contributed by atoms with Gasteiger partial charge in [-0.05, 0) is 150 Å². The number of rotatable bonds is 14. The lowest BCUT2D eigenvalue weighted by Crippen LogP contribution is -2.37. The minimum absolute atomic E-state index is 0.590. The Bertz CT molecular complexity index is 543. The summed E-state index contributed by atoms with van der Waals surface area (Å²) in [6.45, 7) is 14.5. The molecule has 4 aliphatic rings. The smallest absolute Gasteiger partial charge is 0.00672 e. The summed E-state index contributed by atoms with van der Waals surface area (Å²) in [7, 11) is 0. The van der Waals surface area contributed by atoms with Crippen LogP contribution in [0.1, 0.15) is 105 Å². The minimum Gasteiger partial charge on any atom is -0.330 e. The van der Waals surface area contributed by atoms with Crippen molar-refractivity contribution < 1.29 is 0 Å². The number of hydrogen-bond acceptors (Lipinski definition) is 3. The van der Waals surface area contributed by atoms with Crippen molar-refractivity contribution in [1.29, 1.82) is 0 Å². The summed E-state index contributed by atoms with van der Waals surface area (Å²) in [4.78, 5) is 0. The highest BCUT2D eigenvalue weighted by Crippen LogP contribution is 2.62. The van der Waals surface area contributed by atoms with E-state index in [0.717, 1.165) is 67.6 Å². The number of nitrogens with one attached hydrogen (secondary N) is 2. The predicted octanol–water partition coefficient (Wildman–Crippen LogP) is 5.98. The maximum absolute atomic E-state index is 5.61. The molecule has 6 unspecified atom stereocenters. The van der Waals surface area contributed by atoms with E-state index in [0.29, 0.717) is 10.8 Å². The Morgan fingerprint density at radius 1 is 0.750 bits per heavy atom. The summed E-state index contributed by atoms with van der Waals surface area (Å²) in [5.41, 5.74) is 6.79. The van der Waals surface area contributed by atoms with Crippen LogP contribution in [0, 0.1) is 46.3 Å². The second-order valence-electron chi connectivity index (χ2n) is 13.4. The SMILES string of the molecule is CC1(C)C2CCC(C2)C1CCC(CCC1C2CCC(C2)C1(C)C)NCCCNCCCN. The van der Waals surface area contributed by atoms with Crippen LogP contribution in [0.5, 0.6) is 0 Å². The summed E-state index contributed by atoms with van der Waals surface area (Å²) in [5.74, 6) is 6.04. The molecule has 4 rings (SSSR count). The highest BCUT2D eigenvalue weighted by molar-refractivity contribution is 5.03. The van der Waals surface area contributed by atoms with Crippen LogP contribution >= 0.6 is 0 Å².